The molecule has 1 rings (SSSR count). The van der Waals surface area contributed by atoms with E-state index >= 15 is 0 Å². The van der Waals surface area contributed by atoms with E-state index in [0.29, 0.717) is 24.9 Å². The van der Waals surface area contributed by atoms with Crippen LogP contribution in [0, 0.1) is 11.8 Å². The number of hydrogen-bond acceptors (Lipinski definition) is 4. The predicted octanol–water partition coefficient (Wildman–Crippen LogP) is 1.01. The third-order valence-corrected chi connectivity index (χ3v) is 5.99. The first-order valence-electron chi connectivity index (χ1n) is 9.48. The van der Waals surface area contributed by atoms with E-state index in [9.17, 15) is 8.42 Å². The van der Waals surface area contributed by atoms with Crippen molar-refractivity contribution < 1.29 is 13.5 Å². The van der Waals surface area contributed by atoms with Crippen molar-refractivity contribution in [3.63, 3.8) is 0 Å². The quantitative estimate of drug-likeness (QED) is 0.391. The van der Waals surface area contributed by atoms with Gasteiger partial charge in [-0.3, -0.25) is 4.99 Å². The molecule has 8 heteroatoms. The van der Waals surface area contributed by atoms with Gasteiger partial charge in [0, 0.05) is 39.3 Å². The zero-order chi connectivity index (χ0) is 18.7. The van der Waals surface area contributed by atoms with E-state index in [1.54, 1.807) is 4.31 Å². The molecule has 1 atom stereocenters. The molecule has 0 aromatic rings. The van der Waals surface area contributed by atoms with Gasteiger partial charge in [0.05, 0.1) is 6.26 Å². The molecule has 0 saturated carbocycles. The van der Waals surface area contributed by atoms with Crippen molar-refractivity contribution in [1.29, 1.82) is 0 Å². The highest BCUT2D eigenvalue weighted by molar-refractivity contribution is 7.88. The number of rotatable bonds is 10. The second-order valence-corrected chi connectivity index (χ2v) is 8.86. The van der Waals surface area contributed by atoms with Crippen molar-refractivity contribution in [2.45, 2.75) is 46.0 Å². The zero-order valence-corrected chi connectivity index (χ0v) is 16.8. The van der Waals surface area contributed by atoms with E-state index in [4.69, 9.17) is 5.11 Å². The predicted molar refractivity (Wildman–Crippen MR) is 103 cm³/mol. The molecule has 0 aromatic carbocycles. The molecule has 1 fully saturated rings. The first-order valence-corrected chi connectivity index (χ1v) is 11.3. The average molecular weight is 377 g/mol. The largest absolute Gasteiger partial charge is 0.396 e. The summed E-state index contributed by atoms with van der Waals surface area (Å²) in [7, 11) is -3.06. The number of sulfonamides is 1. The Morgan fingerprint density at radius 2 is 1.92 bits per heavy atom. The summed E-state index contributed by atoms with van der Waals surface area (Å²) in [4.78, 5) is 4.67. The lowest BCUT2D eigenvalue weighted by atomic mass is 9.98. The monoisotopic (exact) mass is 376 g/mol. The minimum Gasteiger partial charge on any atom is -0.396 e. The molecule has 1 aliphatic heterocycles. The van der Waals surface area contributed by atoms with Gasteiger partial charge in [0.15, 0.2) is 5.96 Å². The van der Waals surface area contributed by atoms with Crippen LogP contribution in [0.1, 0.15) is 46.0 Å². The molecular weight excluding hydrogens is 340 g/mol. The molecule has 0 spiro atoms. The number of aliphatic hydroxyl groups is 1. The topological polar surface area (TPSA) is 94.0 Å². The minimum atomic E-state index is -3.06. The number of hydrogen-bond donors (Lipinski definition) is 3. The van der Waals surface area contributed by atoms with Gasteiger partial charge in [-0.15, -0.1) is 0 Å². The number of piperidine rings is 1. The lowest BCUT2D eigenvalue weighted by Gasteiger charge is -2.30. The molecule has 1 unspecified atom stereocenters. The minimum absolute atomic E-state index is 0.211. The lowest BCUT2D eigenvalue weighted by Crippen LogP contribution is -2.44. The molecule has 1 aliphatic rings. The summed E-state index contributed by atoms with van der Waals surface area (Å²) >= 11 is 0. The normalized spacial score (nSPS) is 19.0. The van der Waals surface area contributed by atoms with Crippen LogP contribution in [-0.2, 0) is 10.0 Å². The zero-order valence-electron chi connectivity index (χ0n) is 16.0. The standard InChI is InChI=1S/C17H36N4O3S/c1-4-6-15(9-12-22)13-19-17(18-5-2)20-14-16-7-10-21(11-8-16)25(3,23)24/h15-16,22H,4-14H2,1-3H3,(H2,18,19,20). The van der Waals surface area contributed by atoms with E-state index in [2.05, 4.69) is 22.5 Å². The summed E-state index contributed by atoms with van der Waals surface area (Å²) in [6.45, 7) is 7.94. The van der Waals surface area contributed by atoms with E-state index in [0.717, 1.165) is 57.7 Å². The van der Waals surface area contributed by atoms with Gasteiger partial charge in [-0.2, -0.15) is 0 Å². The molecule has 0 aromatic heterocycles. The van der Waals surface area contributed by atoms with Crippen molar-refractivity contribution in [1.82, 2.24) is 14.9 Å². The second kappa shape index (κ2) is 11.7. The van der Waals surface area contributed by atoms with Crippen molar-refractivity contribution in [2.75, 3.05) is 45.6 Å². The number of nitrogens with zero attached hydrogens (tertiary/aromatic N) is 2. The second-order valence-electron chi connectivity index (χ2n) is 6.87. The van der Waals surface area contributed by atoms with Crippen molar-refractivity contribution >= 4 is 16.0 Å². The maximum absolute atomic E-state index is 11.6. The number of nitrogens with one attached hydrogen (secondary N) is 2. The molecule has 0 radical (unpaired) electrons. The Morgan fingerprint density at radius 3 is 2.44 bits per heavy atom. The Bertz CT molecular complexity index is 482. The Hall–Kier alpha value is -0.860. The molecule has 1 heterocycles. The summed E-state index contributed by atoms with van der Waals surface area (Å²) in [6, 6.07) is 0. The fraction of sp³-hybridized carbons (Fsp3) is 0.941. The molecule has 0 amide bonds. The van der Waals surface area contributed by atoms with Crippen molar-refractivity contribution in [3.8, 4) is 0 Å². The van der Waals surface area contributed by atoms with E-state index in [1.165, 1.54) is 6.26 Å². The van der Waals surface area contributed by atoms with Crippen LogP contribution in [0.4, 0.5) is 0 Å². The van der Waals surface area contributed by atoms with Crippen LogP contribution in [0.5, 0.6) is 0 Å². The average Bonchev–Trinajstić information content (AvgIpc) is 2.57. The fourth-order valence-corrected chi connectivity index (χ4v) is 4.04. The van der Waals surface area contributed by atoms with Crippen LogP contribution in [-0.4, -0.2) is 69.4 Å². The van der Waals surface area contributed by atoms with Gasteiger partial charge in [-0.25, -0.2) is 12.7 Å². The molecule has 0 aliphatic carbocycles. The van der Waals surface area contributed by atoms with Crippen LogP contribution in [0.3, 0.4) is 0 Å². The molecule has 7 nitrogen and oxygen atoms in total. The van der Waals surface area contributed by atoms with Crippen LogP contribution in [0.15, 0.2) is 4.99 Å². The molecule has 1 saturated heterocycles. The highest BCUT2D eigenvalue weighted by Crippen LogP contribution is 2.18. The van der Waals surface area contributed by atoms with Gasteiger partial charge in [0.25, 0.3) is 0 Å². The number of aliphatic hydroxyl groups excluding tert-OH is 1. The van der Waals surface area contributed by atoms with Crippen molar-refractivity contribution in [3.05, 3.63) is 0 Å². The summed E-state index contributed by atoms with van der Waals surface area (Å²) < 4.78 is 24.7. The third-order valence-electron chi connectivity index (χ3n) is 4.69. The molecule has 25 heavy (non-hydrogen) atoms. The maximum Gasteiger partial charge on any atom is 0.211 e. The highest BCUT2D eigenvalue weighted by Gasteiger charge is 2.24. The Labute approximate surface area is 153 Å². The Kier molecular flexibility index (Phi) is 10.4. The molecule has 3 N–H and O–H groups in total. The first kappa shape index (κ1) is 22.2. The van der Waals surface area contributed by atoms with Gasteiger partial charge in [0.1, 0.15) is 0 Å². The van der Waals surface area contributed by atoms with Crippen LogP contribution in [0.25, 0.3) is 0 Å². The fourth-order valence-electron chi connectivity index (χ4n) is 3.17. The third kappa shape index (κ3) is 8.87. The van der Waals surface area contributed by atoms with Crippen LogP contribution >= 0.6 is 0 Å². The number of aliphatic imine (C=N–C) groups is 1. The molecular formula is C17H36N4O3S. The van der Waals surface area contributed by atoms with Crippen molar-refractivity contribution in [2.24, 2.45) is 16.8 Å². The van der Waals surface area contributed by atoms with Gasteiger partial charge in [0.2, 0.25) is 10.0 Å². The van der Waals surface area contributed by atoms with E-state index < -0.39 is 10.0 Å². The molecule has 0 bridgehead atoms. The Balaban J connectivity index is 2.46. The van der Waals surface area contributed by atoms with Crippen LogP contribution in [0.2, 0.25) is 0 Å². The highest BCUT2D eigenvalue weighted by atomic mass is 32.2. The summed E-state index contributed by atoms with van der Waals surface area (Å²) in [5, 5.41) is 15.8. The van der Waals surface area contributed by atoms with Gasteiger partial charge >= 0.3 is 0 Å². The summed E-state index contributed by atoms with van der Waals surface area (Å²) in [5.74, 6) is 1.70. The maximum atomic E-state index is 11.6. The van der Waals surface area contributed by atoms with E-state index in [-0.39, 0.29) is 6.61 Å². The van der Waals surface area contributed by atoms with Gasteiger partial charge in [-0.05, 0) is 44.4 Å². The van der Waals surface area contributed by atoms with Gasteiger partial charge < -0.3 is 15.7 Å². The first-order chi connectivity index (χ1) is 11.9. The lowest BCUT2D eigenvalue weighted by molar-refractivity contribution is 0.253. The molecule has 148 valence electrons. The Morgan fingerprint density at radius 1 is 1.24 bits per heavy atom. The smallest absolute Gasteiger partial charge is 0.211 e. The van der Waals surface area contributed by atoms with E-state index in [1.807, 2.05) is 6.92 Å². The van der Waals surface area contributed by atoms with Crippen LogP contribution < -0.4 is 10.6 Å². The summed E-state index contributed by atoms with van der Waals surface area (Å²) in [6.07, 6.45) is 6.00. The summed E-state index contributed by atoms with van der Waals surface area (Å²) in [5.41, 5.74) is 0. The van der Waals surface area contributed by atoms with Gasteiger partial charge in [-0.1, -0.05) is 13.3 Å². The SMILES string of the molecule is CCCC(CCO)CN=C(NCC)NCC1CCN(S(C)(=O)=O)CC1. The number of guanidine groups is 1.